The second-order valence-corrected chi connectivity index (χ2v) is 7.47. The second-order valence-electron chi connectivity index (χ2n) is 4.63. The van der Waals surface area contributed by atoms with Crippen LogP contribution in [0.1, 0.15) is 21.7 Å². The molecule has 0 atom stereocenters. The molecular formula is C12H15N5O2S2. The maximum absolute atomic E-state index is 12.5. The van der Waals surface area contributed by atoms with Crippen LogP contribution in [-0.2, 0) is 17.1 Å². The van der Waals surface area contributed by atoms with Crippen LogP contribution in [0.4, 0.5) is 10.8 Å². The minimum Gasteiger partial charge on any atom is -0.381 e. The molecule has 3 N–H and O–H groups in total. The second kappa shape index (κ2) is 5.05. The highest BCUT2D eigenvalue weighted by Gasteiger charge is 2.27. The molecule has 0 radical (unpaired) electrons. The van der Waals surface area contributed by atoms with Gasteiger partial charge in [0.05, 0.1) is 11.3 Å². The van der Waals surface area contributed by atoms with Crippen LogP contribution in [0.25, 0.3) is 0 Å². The van der Waals surface area contributed by atoms with E-state index in [0.29, 0.717) is 16.3 Å². The van der Waals surface area contributed by atoms with Crippen LogP contribution in [0.3, 0.4) is 0 Å². The van der Waals surface area contributed by atoms with E-state index in [1.807, 2.05) is 13.0 Å². The van der Waals surface area contributed by atoms with Gasteiger partial charge in [-0.15, -0.1) is 11.3 Å². The van der Waals surface area contributed by atoms with Crippen molar-refractivity contribution in [2.45, 2.75) is 25.7 Å². The Bertz CT molecular complexity index is 855. The van der Waals surface area contributed by atoms with Crippen molar-refractivity contribution in [2.24, 2.45) is 7.05 Å². The molecule has 0 saturated carbocycles. The maximum Gasteiger partial charge on any atom is 0.268 e. The van der Waals surface area contributed by atoms with Gasteiger partial charge in [-0.25, -0.2) is 8.42 Å². The van der Waals surface area contributed by atoms with Crippen molar-refractivity contribution in [3.63, 3.8) is 0 Å². The first-order chi connectivity index (χ1) is 9.69. The Balaban J connectivity index is 2.53. The third kappa shape index (κ3) is 2.48. The van der Waals surface area contributed by atoms with E-state index in [1.165, 1.54) is 16.0 Å². The summed E-state index contributed by atoms with van der Waals surface area (Å²) in [4.78, 5) is 0.831. The number of aromatic nitrogens is 2. The zero-order valence-electron chi connectivity index (χ0n) is 12.1. The van der Waals surface area contributed by atoms with Gasteiger partial charge in [-0.2, -0.15) is 10.4 Å². The van der Waals surface area contributed by atoms with Gasteiger partial charge in [0.1, 0.15) is 11.1 Å². The third-order valence-corrected chi connectivity index (χ3v) is 6.06. The predicted molar refractivity (Wildman–Crippen MR) is 81.7 cm³/mol. The third-order valence-electron chi connectivity index (χ3n) is 3.30. The Morgan fingerprint density at radius 1 is 1.38 bits per heavy atom. The van der Waals surface area contributed by atoms with E-state index in [9.17, 15) is 13.7 Å². The Hall–Kier alpha value is -2.05. The summed E-state index contributed by atoms with van der Waals surface area (Å²) in [5, 5.41) is 13.4. The Labute approximate surface area is 127 Å². The van der Waals surface area contributed by atoms with Gasteiger partial charge in [0, 0.05) is 11.9 Å². The van der Waals surface area contributed by atoms with Gasteiger partial charge in [0.2, 0.25) is 0 Å². The number of rotatable bonds is 3. The average molecular weight is 325 g/mol. The van der Waals surface area contributed by atoms with Crippen molar-refractivity contribution in [3.05, 3.63) is 21.7 Å². The highest BCUT2D eigenvalue weighted by atomic mass is 32.2. The highest BCUT2D eigenvalue weighted by molar-refractivity contribution is 7.93. The van der Waals surface area contributed by atoms with Crippen LogP contribution in [-0.4, -0.2) is 18.2 Å². The Morgan fingerprint density at radius 3 is 2.48 bits per heavy atom. The zero-order valence-corrected chi connectivity index (χ0v) is 13.7. The zero-order chi connectivity index (χ0) is 15.9. The largest absolute Gasteiger partial charge is 0.381 e. The molecule has 0 amide bonds. The van der Waals surface area contributed by atoms with Crippen molar-refractivity contribution in [1.82, 2.24) is 9.78 Å². The fourth-order valence-corrected chi connectivity index (χ4v) is 4.60. The molecule has 9 heteroatoms. The molecule has 7 nitrogen and oxygen atoms in total. The summed E-state index contributed by atoms with van der Waals surface area (Å²) in [5.41, 5.74) is 7.22. The molecule has 21 heavy (non-hydrogen) atoms. The quantitative estimate of drug-likeness (QED) is 0.891. The number of sulfonamides is 1. The number of thiophene rings is 1. The SMILES string of the molecule is Cc1sc(NS(=O)(=O)c2c(N)nn(C)c2C)c(C#N)c1C. The van der Waals surface area contributed by atoms with E-state index >= 15 is 0 Å². The molecular weight excluding hydrogens is 310 g/mol. The summed E-state index contributed by atoms with van der Waals surface area (Å²) >= 11 is 1.22. The van der Waals surface area contributed by atoms with E-state index < -0.39 is 10.0 Å². The first kappa shape index (κ1) is 15.3. The topological polar surface area (TPSA) is 114 Å². The predicted octanol–water partition coefficient (Wildman–Crippen LogP) is 1.66. The smallest absolute Gasteiger partial charge is 0.268 e. The van der Waals surface area contributed by atoms with Crippen molar-refractivity contribution in [3.8, 4) is 6.07 Å². The van der Waals surface area contributed by atoms with Gasteiger partial charge in [0.15, 0.2) is 10.7 Å². The normalized spacial score (nSPS) is 11.4. The Kier molecular flexibility index (Phi) is 3.69. The first-order valence-corrected chi connectivity index (χ1v) is 8.31. The number of anilines is 2. The molecule has 0 aromatic carbocycles. The summed E-state index contributed by atoms with van der Waals surface area (Å²) in [6.45, 7) is 5.24. The van der Waals surface area contributed by atoms with Crippen LogP contribution in [0.15, 0.2) is 4.90 Å². The van der Waals surface area contributed by atoms with Crippen molar-refractivity contribution in [2.75, 3.05) is 10.5 Å². The molecule has 0 saturated heterocycles. The van der Waals surface area contributed by atoms with Gasteiger partial charge in [-0.3, -0.25) is 9.40 Å². The van der Waals surface area contributed by atoms with E-state index in [-0.39, 0.29) is 10.7 Å². The summed E-state index contributed by atoms with van der Waals surface area (Å²) in [6.07, 6.45) is 0. The molecule has 2 aromatic rings. The minimum atomic E-state index is -3.89. The molecule has 2 rings (SSSR count). The molecule has 0 aliphatic rings. The first-order valence-electron chi connectivity index (χ1n) is 6.01. The van der Waals surface area contributed by atoms with E-state index in [0.717, 1.165) is 10.4 Å². The molecule has 112 valence electrons. The van der Waals surface area contributed by atoms with Crippen molar-refractivity contribution < 1.29 is 8.42 Å². The lowest BCUT2D eigenvalue weighted by atomic mass is 10.2. The summed E-state index contributed by atoms with van der Waals surface area (Å²) < 4.78 is 28.8. The molecule has 0 aliphatic heterocycles. The number of nitrogen functional groups attached to an aromatic ring is 1. The van der Waals surface area contributed by atoms with Crippen LogP contribution < -0.4 is 10.5 Å². The summed E-state index contributed by atoms with van der Waals surface area (Å²) in [6, 6.07) is 2.02. The number of aryl methyl sites for hydroxylation is 2. The average Bonchev–Trinajstić information content (AvgIpc) is 2.77. The number of nitrogens with one attached hydrogen (secondary N) is 1. The molecule has 2 aromatic heterocycles. The summed E-state index contributed by atoms with van der Waals surface area (Å²) in [7, 11) is -2.27. The summed E-state index contributed by atoms with van der Waals surface area (Å²) in [5.74, 6) is -0.0639. The monoisotopic (exact) mass is 325 g/mol. The molecule has 0 fully saturated rings. The van der Waals surface area contributed by atoms with Gasteiger partial charge in [-0.1, -0.05) is 0 Å². The fraction of sp³-hybridized carbons (Fsp3) is 0.333. The van der Waals surface area contributed by atoms with Crippen LogP contribution in [0, 0.1) is 32.1 Å². The Morgan fingerprint density at radius 2 is 2.00 bits per heavy atom. The van der Waals surface area contributed by atoms with Crippen molar-refractivity contribution >= 4 is 32.2 Å². The van der Waals surface area contributed by atoms with Crippen LogP contribution >= 0.6 is 11.3 Å². The van der Waals surface area contributed by atoms with Gasteiger partial charge < -0.3 is 5.73 Å². The molecule has 0 aliphatic carbocycles. The number of hydrogen-bond acceptors (Lipinski definition) is 6. The van der Waals surface area contributed by atoms with Gasteiger partial charge >= 0.3 is 0 Å². The maximum atomic E-state index is 12.5. The molecule has 0 bridgehead atoms. The van der Waals surface area contributed by atoms with E-state index in [2.05, 4.69) is 9.82 Å². The van der Waals surface area contributed by atoms with Gasteiger partial charge in [-0.05, 0) is 26.3 Å². The molecule has 0 unspecified atom stereocenters. The number of nitrogens with two attached hydrogens (primary N) is 1. The highest BCUT2D eigenvalue weighted by Crippen LogP contribution is 2.34. The fourth-order valence-electron chi connectivity index (χ4n) is 1.95. The standard InChI is InChI=1S/C12H15N5O2S2/c1-6-8(3)20-12(9(6)5-13)16-21(18,19)10-7(2)17(4)15-11(10)14/h16H,1-4H3,(H2,14,15). The molecule has 2 heterocycles. The van der Waals surface area contributed by atoms with Crippen LogP contribution in [0.2, 0.25) is 0 Å². The van der Waals surface area contributed by atoms with E-state index in [1.54, 1.807) is 20.9 Å². The minimum absolute atomic E-state index is 0.0578. The lowest BCUT2D eigenvalue weighted by Crippen LogP contribution is -2.15. The number of nitrogens with zero attached hydrogens (tertiary/aromatic N) is 3. The van der Waals surface area contributed by atoms with E-state index in [4.69, 9.17) is 5.73 Å². The molecule has 0 spiro atoms. The lowest BCUT2D eigenvalue weighted by Gasteiger charge is -2.06. The van der Waals surface area contributed by atoms with Gasteiger partial charge in [0.25, 0.3) is 10.0 Å². The van der Waals surface area contributed by atoms with Crippen molar-refractivity contribution in [1.29, 1.82) is 5.26 Å². The number of hydrogen-bond donors (Lipinski definition) is 2. The van der Waals surface area contributed by atoms with Crippen LogP contribution in [0.5, 0.6) is 0 Å². The lowest BCUT2D eigenvalue weighted by molar-refractivity contribution is 0.600. The number of nitriles is 1.